The lowest BCUT2D eigenvalue weighted by Gasteiger charge is -2.15. The van der Waals surface area contributed by atoms with Crippen LogP contribution in [0.15, 0.2) is 24.3 Å². The quantitative estimate of drug-likeness (QED) is 0.561. The predicted octanol–water partition coefficient (Wildman–Crippen LogP) is 5.55. The number of rotatable bonds is 8. The molecule has 2 unspecified atom stereocenters. The summed E-state index contributed by atoms with van der Waals surface area (Å²) >= 11 is 0. The van der Waals surface area contributed by atoms with Crippen molar-refractivity contribution in [2.24, 2.45) is 11.8 Å². The fourth-order valence-corrected chi connectivity index (χ4v) is 2.43. The zero-order valence-electron chi connectivity index (χ0n) is 12.1. The summed E-state index contributed by atoms with van der Waals surface area (Å²) in [6.07, 6.45) is 11.8. The average molecular weight is 242 g/mol. The zero-order valence-corrected chi connectivity index (χ0v) is 12.1. The van der Waals surface area contributed by atoms with Crippen molar-refractivity contribution in [2.75, 3.05) is 0 Å². The lowest BCUT2D eigenvalue weighted by molar-refractivity contribution is 0.376. The van der Waals surface area contributed by atoms with Crippen LogP contribution in [0.1, 0.15) is 58.4 Å². The van der Waals surface area contributed by atoms with Crippen LogP contribution in [0, 0.1) is 24.0 Å². The van der Waals surface area contributed by atoms with Crippen molar-refractivity contribution in [1.82, 2.24) is 0 Å². The van der Waals surface area contributed by atoms with Gasteiger partial charge in [0.2, 0.25) is 0 Å². The molecule has 0 nitrogen and oxygen atoms in total. The Kier molecular flexibility index (Phi) is 7.48. The standard InChI is InChI=1S/C18H26/c1-4-10-16(2)15-17(3)11-8-9-14-18-12-6-5-7-13-18/h6-7,12-14,16-17H,4,8,10-11,15H2,1-3H3. The minimum atomic E-state index is 0.816. The minimum Gasteiger partial charge on any atom is -0.0654 e. The summed E-state index contributed by atoms with van der Waals surface area (Å²) in [5.41, 5.74) is 1.22. The number of benzene rings is 1. The molecule has 0 saturated carbocycles. The maximum atomic E-state index is 3.40. The van der Waals surface area contributed by atoms with E-state index in [0.717, 1.165) is 18.3 Å². The Balaban J connectivity index is 2.19. The SMILES string of the molecule is CCCC(C)CC(C)CC[C]=Cc1cc[c]cc1. The zero-order chi connectivity index (χ0) is 13.2. The highest BCUT2D eigenvalue weighted by molar-refractivity contribution is 5.46. The van der Waals surface area contributed by atoms with Crippen LogP contribution in [-0.4, -0.2) is 0 Å². The molecule has 18 heavy (non-hydrogen) atoms. The summed E-state index contributed by atoms with van der Waals surface area (Å²) in [6, 6.07) is 11.1. The third-order valence-corrected chi connectivity index (χ3v) is 3.38. The summed E-state index contributed by atoms with van der Waals surface area (Å²) in [6.45, 7) is 7.01. The van der Waals surface area contributed by atoms with Gasteiger partial charge in [-0.25, -0.2) is 0 Å². The molecule has 1 aromatic carbocycles. The molecule has 1 aromatic rings. The molecule has 98 valence electrons. The summed E-state index contributed by atoms with van der Waals surface area (Å²) in [7, 11) is 0. The van der Waals surface area contributed by atoms with Crippen molar-refractivity contribution < 1.29 is 0 Å². The van der Waals surface area contributed by atoms with Gasteiger partial charge in [-0.15, -0.1) is 0 Å². The summed E-state index contributed by atoms with van der Waals surface area (Å²) in [5.74, 6) is 1.69. The first-order valence-corrected chi connectivity index (χ1v) is 7.25. The van der Waals surface area contributed by atoms with Crippen LogP contribution < -0.4 is 0 Å². The molecule has 0 aliphatic carbocycles. The maximum Gasteiger partial charge on any atom is -0.0184 e. The Morgan fingerprint density at radius 2 is 1.83 bits per heavy atom. The Morgan fingerprint density at radius 1 is 1.17 bits per heavy atom. The van der Waals surface area contributed by atoms with E-state index in [1.165, 1.54) is 31.2 Å². The van der Waals surface area contributed by atoms with Crippen molar-refractivity contribution in [3.05, 3.63) is 42.0 Å². The fourth-order valence-electron chi connectivity index (χ4n) is 2.43. The lowest BCUT2D eigenvalue weighted by atomic mass is 9.91. The highest BCUT2D eigenvalue weighted by Gasteiger charge is 2.07. The van der Waals surface area contributed by atoms with E-state index in [-0.39, 0.29) is 0 Å². The number of allylic oxidation sites excluding steroid dienone is 1. The van der Waals surface area contributed by atoms with Gasteiger partial charge in [0.05, 0.1) is 0 Å². The van der Waals surface area contributed by atoms with E-state index >= 15 is 0 Å². The molecule has 0 aromatic heterocycles. The molecule has 0 amide bonds. The Morgan fingerprint density at radius 3 is 2.50 bits per heavy atom. The van der Waals surface area contributed by atoms with E-state index in [2.05, 4.69) is 51.1 Å². The van der Waals surface area contributed by atoms with Crippen LogP contribution in [0.25, 0.3) is 6.08 Å². The van der Waals surface area contributed by atoms with Crippen LogP contribution >= 0.6 is 0 Å². The van der Waals surface area contributed by atoms with Gasteiger partial charge in [0.25, 0.3) is 0 Å². The van der Waals surface area contributed by atoms with Crippen LogP contribution in [-0.2, 0) is 0 Å². The molecular formula is C18H26. The predicted molar refractivity (Wildman–Crippen MR) is 80.1 cm³/mol. The highest BCUT2D eigenvalue weighted by Crippen LogP contribution is 2.20. The summed E-state index contributed by atoms with van der Waals surface area (Å²) < 4.78 is 0. The van der Waals surface area contributed by atoms with Crippen LogP contribution in [0.5, 0.6) is 0 Å². The van der Waals surface area contributed by atoms with E-state index in [1.54, 1.807) is 0 Å². The van der Waals surface area contributed by atoms with E-state index in [9.17, 15) is 0 Å². The van der Waals surface area contributed by atoms with Gasteiger partial charge in [0.15, 0.2) is 0 Å². The second-order valence-electron chi connectivity index (χ2n) is 5.46. The molecule has 0 heteroatoms. The Bertz CT molecular complexity index is 323. The third kappa shape index (κ3) is 6.64. The van der Waals surface area contributed by atoms with E-state index < -0.39 is 0 Å². The molecule has 0 spiro atoms. The molecule has 0 aliphatic heterocycles. The third-order valence-electron chi connectivity index (χ3n) is 3.38. The average Bonchev–Trinajstić information content (AvgIpc) is 2.36. The van der Waals surface area contributed by atoms with Gasteiger partial charge in [-0.2, -0.15) is 0 Å². The van der Waals surface area contributed by atoms with Crippen molar-refractivity contribution in [3.63, 3.8) is 0 Å². The number of hydrogen-bond acceptors (Lipinski definition) is 0. The van der Waals surface area contributed by atoms with Crippen molar-refractivity contribution in [1.29, 1.82) is 0 Å². The molecule has 0 bridgehead atoms. The normalized spacial score (nSPS) is 14.8. The summed E-state index contributed by atoms with van der Waals surface area (Å²) in [5, 5.41) is 0. The summed E-state index contributed by atoms with van der Waals surface area (Å²) in [4.78, 5) is 0. The molecular weight excluding hydrogens is 216 g/mol. The monoisotopic (exact) mass is 242 g/mol. The van der Waals surface area contributed by atoms with Gasteiger partial charge in [0, 0.05) is 0 Å². The molecule has 0 saturated heterocycles. The van der Waals surface area contributed by atoms with Crippen molar-refractivity contribution in [3.8, 4) is 0 Å². The van der Waals surface area contributed by atoms with Crippen LogP contribution in [0.2, 0.25) is 0 Å². The van der Waals surface area contributed by atoms with Gasteiger partial charge in [-0.05, 0) is 48.8 Å². The van der Waals surface area contributed by atoms with E-state index in [1.807, 2.05) is 12.1 Å². The molecule has 1 rings (SSSR count). The second kappa shape index (κ2) is 8.97. The molecule has 0 aliphatic rings. The first-order chi connectivity index (χ1) is 8.72. The highest BCUT2D eigenvalue weighted by atomic mass is 14.1. The van der Waals surface area contributed by atoms with Gasteiger partial charge < -0.3 is 0 Å². The Hall–Kier alpha value is -1.04. The Labute approximate surface area is 113 Å². The van der Waals surface area contributed by atoms with Gasteiger partial charge in [0.1, 0.15) is 0 Å². The molecule has 0 fully saturated rings. The molecule has 2 radical (unpaired) electrons. The van der Waals surface area contributed by atoms with Crippen molar-refractivity contribution in [2.45, 2.75) is 52.9 Å². The van der Waals surface area contributed by atoms with E-state index in [4.69, 9.17) is 0 Å². The van der Waals surface area contributed by atoms with E-state index in [0.29, 0.717) is 0 Å². The van der Waals surface area contributed by atoms with Gasteiger partial charge >= 0.3 is 0 Å². The second-order valence-corrected chi connectivity index (χ2v) is 5.46. The first-order valence-electron chi connectivity index (χ1n) is 7.25. The molecule has 0 N–H and O–H groups in total. The molecule has 0 heterocycles. The smallest absolute Gasteiger partial charge is 0.0184 e. The fraction of sp³-hybridized carbons (Fsp3) is 0.556. The van der Waals surface area contributed by atoms with Gasteiger partial charge in [-0.3, -0.25) is 0 Å². The maximum absolute atomic E-state index is 3.40. The van der Waals surface area contributed by atoms with Crippen LogP contribution in [0.3, 0.4) is 0 Å². The minimum absolute atomic E-state index is 0.816. The molecule has 2 atom stereocenters. The first kappa shape index (κ1) is 15.0. The largest absolute Gasteiger partial charge is 0.0654 e. The topological polar surface area (TPSA) is 0 Å². The van der Waals surface area contributed by atoms with Crippen LogP contribution in [0.4, 0.5) is 0 Å². The van der Waals surface area contributed by atoms with Gasteiger partial charge in [-0.1, -0.05) is 64.0 Å². The number of hydrogen-bond donors (Lipinski definition) is 0. The van der Waals surface area contributed by atoms with Crippen molar-refractivity contribution >= 4 is 6.08 Å². The lowest BCUT2D eigenvalue weighted by Crippen LogP contribution is -2.02.